The van der Waals surface area contributed by atoms with Gasteiger partial charge in [-0.05, 0) is 48.2 Å². The third-order valence-electron chi connectivity index (χ3n) is 2.83. The Balaban J connectivity index is 2.23. The van der Waals surface area contributed by atoms with Crippen molar-refractivity contribution in [2.75, 3.05) is 0 Å². The predicted molar refractivity (Wildman–Crippen MR) is 74.2 cm³/mol. The Hall–Kier alpha value is -1.42. The quantitative estimate of drug-likeness (QED) is 0.657. The van der Waals surface area contributed by atoms with E-state index < -0.39 is 0 Å². The normalized spacial score (nSPS) is 12.4. The maximum absolute atomic E-state index is 6.07. The fourth-order valence-corrected chi connectivity index (χ4v) is 2.29. The Kier molecular flexibility index (Phi) is 4.31. The summed E-state index contributed by atoms with van der Waals surface area (Å²) in [5, 5.41) is 0.733. The van der Waals surface area contributed by atoms with Gasteiger partial charge in [-0.15, -0.1) is 0 Å². The molecular weight excluding hydrogens is 246 g/mol. The van der Waals surface area contributed by atoms with Crippen LogP contribution in [-0.2, 0) is 6.42 Å². The smallest absolute Gasteiger partial charge is 0.0501 e. The summed E-state index contributed by atoms with van der Waals surface area (Å²) in [6.45, 7) is 2.02. The van der Waals surface area contributed by atoms with Crippen LogP contribution in [0, 0.1) is 6.92 Å². The maximum atomic E-state index is 6.07. The van der Waals surface area contributed by atoms with E-state index in [2.05, 4.69) is 16.5 Å². The van der Waals surface area contributed by atoms with E-state index >= 15 is 0 Å². The van der Waals surface area contributed by atoms with Crippen LogP contribution >= 0.6 is 11.6 Å². The highest BCUT2D eigenvalue weighted by Crippen LogP contribution is 2.22. The van der Waals surface area contributed by atoms with Crippen LogP contribution in [0.3, 0.4) is 0 Å². The van der Waals surface area contributed by atoms with Gasteiger partial charge in [0, 0.05) is 17.4 Å². The molecule has 0 spiro atoms. The number of hydrazine groups is 1. The lowest BCUT2D eigenvalue weighted by molar-refractivity contribution is 0.551. The van der Waals surface area contributed by atoms with E-state index in [1.54, 1.807) is 6.20 Å². The second-order valence-electron chi connectivity index (χ2n) is 4.35. The molecule has 2 aromatic rings. The lowest BCUT2D eigenvalue weighted by atomic mass is 9.99. The van der Waals surface area contributed by atoms with Crippen LogP contribution in [0.1, 0.15) is 22.7 Å². The maximum Gasteiger partial charge on any atom is 0.0501 e. The van der Waals surface area contributed by atoms with Gasteiger partial charge < -0.3 is 0 Å². The summed E-state index contributed by atoms with van der Waals surface area (Å²) >= 11 is 6.07. The molecule has 0 bridgehead atoms. The monoisotopic (exact) mass is 261 g/mol. The molecule has 0 radical (unpaired) electrons. The molecule has 94 valence electrons. The van der Waals surface area contributed by atoms with Gasteiger partial charge in [0.2, 0.25) is 0 Å². The molecule has 3 nitrogen and oxygen atoms in total. The summed E-state index contributed by atoms with van der Waals surface area (Å²) in [4.78, 5) is 4.11. The molecule has 4 heteroatoms. The van der Waals surface area contributed by atoms with E-state index in [0.29, 0.717) is 0 Å². The lowest BCUT2D eigenvalue weighted by Crippen LogP contribution is -2.29. The van der Waals surface area contributed by atoms with Gasteiger partial charge in [-0.3, -0.25) is 16.3 Å². The average Bonchev–Trinajstić information content (AvgIpc) is 2.36. The van der Waals surface area contributed by atoms with E-state index in [1.165, 1.54) is 0 Å². The van der Waals surface area contributed by atoms with Crippen LogP contribution in [-0.4, -0.2) is 4.98 Å². The number of aromatic nitrogens is 1. The van der Waals surface area contributed by atoms with Crippen LogP contribution < -0.4 is 11.3 Å². The highest BCUT2D eigenvalue weighted by molar-refractivity contribution is 6.30. The zero-order chi connectivity index (χ0) is 13.0. The first-order valence-corrected chi connectivity index (χ1v) is 6.19. The largest absolute Gasteiger partial charge is 0.271 e. The summed E-state index contributed by atoms with van der Waals surface area (Å²) in [5.74, 6) is 5.64. The lowest BCUT2D eigenvalue weighted by Gasteiger charge is -2.17. The number of nitrogens with zero attached hydrogens (tertiary/aromatic N) is 1. The first kappa shape index (κ1) is 13.0. The number of rotatable bonds is 4. The van der Waals surface area contributed by atoms with E-state index in [1.807, 2.05) is 37.4 Å². The number of pyridine rings is 1. The van der Waals surface area contributed by atoms with Gasteiger partial charge in [0.05, 0.1) is 6.04 Å². The number of aryl methyl sites for hydroxylation is 1. The topological polar surface area (TPSA) is 50.9 Å². The SMILES string of the molecule is Cc1cc(Cl)cc(C(Cc2cccnc2)NN)c1. The van der Waals surface area contributed by atoms with Crippen LogP contribution in [0.5, 0.6) is 0 Å². The Morgan fingerprint density at radius 3 is 2.83 bits per heavy atom. The van der Waals surface area contributed by atoms with Gasteiger partial charge >= 0.3 is 0 Å². The molecule has 3 N–H and O–H groups in total. The zero-order valence-corrected chi connectivity index (χ0v) is 11.0. The van der Waals surface area contributed by atoms with Crippen molar-refractivity contribution < 1.29 is 0 Å². The van der Waals surface area contributed by atoms with Crippen molar-refractivity contribution in [2.45, 2.75) is 19.4 Å². The minimum absolute atomic E-state index is 0.0339. The van der Waals surface area contributed by atoms with Crippen LogP contribution in [0.4, 0.5) is 0 Å². The van der Waals surface area contributed by atoms with Crippen LogP contribution in [0.25, 0.3) is 0 Å². The molecule has 0 aliphatic carbocycles. The van der Waals surface area contributed by atoms with E-state index in [9.17, 15) is 0 Å². The van der Waals surface area contributed by atoms with E-state index in [0.717, 1.165) is 28.1 Å². The predicted octanol–water partition coefficient (Wildman–Crippen LogP) is 2.79. The Bertz CT molecular complexity index is 493. The second kappa shape index (κ2) is 5.96. The van der Waals surface area contributed by atoms with Crippen molar-refractivity contribution in [2.24, 2.45) is 5.84 Å². The molecule has 1 heterocycles. The average molecular weight is 262 g/mol. The van der Waals surface area contributed by atoms with Gasteiger partial charge in [-0.1, -0.05) is 23.7 Å². The number of nitrogens with two attached hydrogens (primary N) is 1. The summed E-state index contributed by atoms with van der Waals surface area (Å²) in [6.07, 6.45) is 4.39. The van der Waals surface area contributed by atoms with Crippen molar-refractivity contribution in [3.8, 4) is 0 Å². The molecule has 1 unspecified atom stereocenters. The highest BCUT2D eigenvalue weighted by Gasteiger charge is 2.11. The molecule has 0 amide bonds. The van der Waals surface area contributed by atoms with E-state index in [-0.39, 0.29) is 6.04 Å². The van der Waals surface area contributed by atoms with Gasteiger partial charge in [0.25, 0.3) is 0 Å². The zero-order valence-electron chi connectivity index (χ0n) is 10.2. The fourth-order valence-electron chi connectivity index (χ4n) is 1.99. The van der Waals surface area contributed by atoms with Crippen LogP contribution in [0.15, 0.2) is 42.7 Å². The van der Waals surface area contributed by atoms with Crippen molar-refractivity contribution in [1.29, 1.82) is 0 Å². The Morgan fingerprint density at radius 2 is 2.22 bits per heavy atom. The third-order valence-corrected chi connectivity index (χ3v) is 3.05. The minimum Gasteiger partial charge on any atom is -0.271 e. The number of benzene rings is 1. The molecule has 1 atom stereocenters. The number of hydrogen-bond acceptors (Lipinski definition) is 3. The molecule has 0 fully saturated rings. The van der Waals surface area contributed by atoms with Crippen LogP contribution in [0.2, 0.25) is 5.02 Å². The molecule has 0 saturated carbocycles. The molecule has 1 aromatic carbocycles. The first-order valence-electron chi connectivity index (χ1n) is 5.81. The Morgan fingerprint density at radius 1 is 1.39 bits per heavy atom. The third kappa shape index (κ3) is 3.29. The standard InChI is InChI=1S/C14H16ClN3/c1-10-5-12(8-13(15)6-10)14(18-16)7-11-3-2-4-17-9-11/h2-6,8-9,14,18H,7,16H2,1H3. The summed E-state index contributed by atoms with van der Waals surface area (Å²) < 4.78 is 0. The summed E-state index contributed by atoms with van der Waals surface area (Å²) in [5.41, 5.74) is 6.19. The molecule has 2 rings (SSSR count). The summed E-state index contributed by atoms with van der Waals surface area (Å²) in [7, 11) is 0. The molecule has 0 aliphatic rings. The number of hydrogen-bond donors (Lipinski definition) is 2. The van der Waals surface area contributed by atoms with Crippen molar-refractivity contribution in [3.05, 3.63) is 64.4 Å². The molecule has 0 aliphatic heterocycles. The number of halogens is 1. The molecule has 18 heavy (non-hydrogen) atoms. The van der Waals surface area contributed by atoms with E-state index in [4.69, 9.17) is 17.4 Å². The van der Waals surface area contributed by atoms with Gasteiger partial charge in [-0.25, -0.2) is 0 Å². The second-order valence-corrected chi connectivity index (χ2v) is 4.78. The highest BCUT2D eigenvalue weighted by atomic mass is 35.5. The number of nitrogens with one attached hydrogen (secondary N) is 1. The molecular formula is C14H16ClN3. The minimum atomic E-state index is 0.0339. The van der Waals surface area contributed by atoms with Gasteiger partial charge in [-0.2, -0.15) is 0 Å². The molecule has 0 saturated heterocycles. The molecule has 1 aromatic heterocycles. The van der Waals surface area contributed by atoms with Gasteiger partial charge in [0.15, 0.2) is 0 Å². The van der Waals surface area contributed by atoms with Crippen molar-refractivity contribution >= 4 is 11.6 Å². The van der Waals surface area contributed by atoms with Crippen molar-refractivity contribution in [3.63, 3.8) is 0 Å². The fraction of sp³-hybridized carbons (Fsp3) is 0.214. The Labute approximate surface area is 112 Å². The van der Waals surface area contributed by atoms with Gasteiger partial charge in [0.1, 0.15) is 0 Å². The summed E-state index contributed by atoms with van der Waals surface area (Å²) in [6, 6.07) is 9.96. The first-order chi connectivity index (χ1) is 8.69. The van der Waals surface area contributed by atoms with Crippen molar-refractivity contribution in [1.82, 2.24) is 10.4 Å².